The standard InChI is InChI=1S/C24H21BF2N4O3/c26-25(27)30-18(9-11-22(32)28-14-15-29-23(33)12-13-24(29)34)6-7-19(30)16-20-8-10-21(31(20)25)17-4-2-1-3-5-17/h1-8,10,12-13,16H,9,11,14-15H2,(H,28,32). The number of nitrogens with zero attached hydrogens (tertiary/aromatic N) is 3. The molecule has 0 bridgehead atoms. The molecule has 10 heteroatoms. The molecule has 0 spiro atoms. The van der Waals surface area contributed by atoms with E-state index < -0.39 is 18.8 Å². The maximum Gasteiger partial charge on any atom is 0.737 e. The van der Waals surface area contributed by atoms with Crippen molar-refractivity contribution >= 4 is 36.5 Å². The third-order valence-corrected chi connectivity index (χ3v) is 6.14. The summed E-state index contributed by atoms with van der Waals surface area (Å²) in [5.41, 5.74) is 2.31. The van der Waals surface area contributed by atoms with Crippen molar-refractivity contribution in [1.82, 2.24) is 14.7 Å². The summed E-state index contributed by atoms with van der Waals surface area (Å²) in [6.07, 6.45) is 7.58. The van der Waals surface area contributed by atoms with Gasteiger partial charge in [0.05, 0.1) is 0 Å². The zero-order valence-electron chi connectivity index (χ0n) is 18.2. The lowest BCUT2D eigenvalue weighted by Gasteiger charge is -2.30. The molecule has 3 amide bonds. The summed E-state index contributed by atoms with van der Waals surface area (Å²) in [6, 6.07) is 12.3. The summed E-state index contributed by atoms with van der Waals surface area (Å²) in [4.78, 5) is 36.4. The van der Waals surface area contributed by atoms with Crippen molar-refractivity contribution in [2.24, 2.45) is 0 Å². The molecule has 0 atom stereocenters. The summed E-state index contributed by atoms with van der Waals surface area (Å²) in [7, 11) is 0. The van der Waals surface area contributed by atoms with Crippen LogP contribution >= 0.6 is 0 Å². The number of hydrogen-bond donors (Lipinski definition) is 1. The number of fused-ring (bicyclic) bond motifs is 2. The lowest BCUT2D eigenvalue weighted by molar-refractivity contribution is -0.360. The highest BCUT2D eigenvalue weighted by molar-refractivity contribution is 6.58. The minimum atomic E-state index is -4.16. The van der Waals surface area contributed by atoms with Gasteiger partial charge in [0.1, 0.15) is 0 Å². The Morgan fingerprint density at radius 2 is 1.71 bits per heavy atom. The molecule has 0 unspecified atom stereocenters. The fraction of sp³-hybridized carbons (Fsp3) is 0.167. The van der Waals surface area contributed by atoms with E-state index in [-0.39, 0.29) is 31.8 Å². The molecular formula is C24H21BF2N4O3. The van der Waals surface area contributed by atoms with E-state index in [9.17, 15) is 14.4 Å². The summed E-state index contributed by atoms with van der Waals surface area (Å²) in [6.45, 7) is -4.00. The van der Waals surface area contributed by atoms with Gasteiger partial charge >= 0.3 is 6.97 Å². The highest BCUT2D eigenvalue weighted by Crippen LogP contribution is 2.33. The number of carbonyl (C=O) groups excluding carboxylic acids is 3. The summed E-state index contributed by atoms with van der Waals surface area (Å²) in [5.74, 6) is -1.18. The van der Waals surface area contributed by atoms with E-state index >= 15 is 8.63 Å². The monoisotopic (exact) mass is 462 g/mol. The number of amides is 3. The minimum absolute atomic E-state index is 0.000164. The Balaban J connectivity index is 1.29. The van der Waals surface area contributed by atoms with Gasteiger partial charge in [0.15, 0.2) is 11.4 Å². The van der Waals surface area contributed by atoms with Crippen LogP contribution in [-0.4, -0.2) is 57.4 Å². The fourth-order valence-electron chi connectivity index (χ4n) is 4.54. The van der Waals surface area contributed by atoms with Gasteiger partial charge < -0.3 is 22.9 Å². The molecule has 1 aromatic carbocycles. The van der Waals surface area contributed by atoms with Gasteiger partial charge in [-0.2, -0.15) is 0 Å². The average Bonchev–Trinajstić information content (AvgIpc) is 3.52. The zero-order chi connectivity index (χ0) is 23.9. The van der Waals surface area contributed by atoms with E-state index in [4.69, 9.17) is 0 Å². The third kappa shape index (κ3) is 3.70. The second-order valence-corrected chi connectivity index (χ2v) is 8.24. The molecule has 1 N–H and O–H groups in total. The summed E-state index contributed by atoms with van der Waals surface area (Å²) in [5, 5.41) is 2.64. The van der Waals surface area contributed by atoms with Crippen LogP contribution in [0.1, 0.15) is 23.4 Å². The van der Waals surface area contributed by atoms with Crippen LogP contribution in [0.5, 0.6) is 0 Å². The van der Waals surface area contributed by atoms with E-state index in [2.05, 4.69) is 5.32 Å². The van der Waals surface area contributed by atoms with E-state index in [1.54, 1.807) is 42.5 Å². The van der Waals surface area contributed by atoms with E-state index in [1.165, 1.54) is 12.2 Å². The van der Waals surface area contributed by atoms with Crippen LogP contribution in [0, 0.1) is 0 Å². The number of rotatable bonds is 7. The lowest BCUT2D eigenvalue weighted by Crippen LogP contribution is -2.51. The van der Waals surface area contributed by atoms with Crippen molar-refractivity contribution in [3.63, 3.8) is 0 Å². The van der Waals surface area contributed by atoms with E-state index in [0.29, 0.717) is 28.4 Å². The maximum atomic E-state index is 15.8. The first-order chi connectivity index (χ1) is 16.4. The number of aryl methyl sites for hydroxylation is 1. The number of carbonyl (C=O) groups is 3. The average molecular weight is 462 g/mol. The predicted molar refractivity (Wildman–Crippen MR) is 123 cm³/mol. The van der Waals surface area contributed by atoms with Crippen LogP contribution in [0.3, 0.4) is 0 Å². The Kier molecular flexibility index (Phi) is 5.35. The second-order valence-electron chi connectivity index (χ2n) is 8.24. The highest BCUT2D eigenvalue weighted by Gasteiger charge is 2.52. The number of imide groups is 1. The Hall–Kier alpha value is -4.08. The molecule has 34 heavy (non-hydrogen) atoms. The molecular weight excluding hydrogens is 441 g/mol. The maximum absolute atomic E-state index is 15.8. The van der Waals surface area contributed by atoms with Gasteiger partial charge in [0, 0.05) is 61.1 Å². The third-order valence-electron chi connectivity index (χ3n) is 6.14. The van der Waals surface area contributed by atoms with Crippen molar-refractivity contribution in [3.8, 4) is 0 Å². The largest absolute Gasteiger partial charge is 0.737 e. The first-order valence-corrected chi connectivity index (χ1v) is 11.0. The van der Waals surface area contributed by atoms with E-state index in [0.717, 1.165) is 13.9 Å². The van der Waals surface area contributed by atoms with Crippen LogP contribution < -0.4 is 5.32 Å². The SMILES string of the molecule is O=C(CCc1ccc2n1[B-](F)(F)[N+]1=C(c3ccccc3)C=CC1=C2)NCCN1C(=O)C=CC1=O. The number of halogens is 2. The number of hydrogen-bond acceptors (Lipinski definition) is 3. The van der Waals surface area contributed by atoms with Gasteiger partial charge in [0.2, 0.25) is 5.91 Å². The smallest absolute Gasteiger partial charge is 0.394 e. The number of allylic oxidation sites excluding steroid dienone is 2. The number of benzene rings is 1. The van der Waals surface area contributed by atoms with Crippen LogP contribution in [0.4, 0.5) is 8.63 Å². The topological polar surface area (TPSA) is 74.4 Å². The summed E-state index contributed by atoms with van der Waals surface area (Å²) >= 11 is 0. The Labute approximate surface area is 194 Å². The quantitative estimate of drug-likeness (QED) is 0.506. The second kappa shape index (κ2) is 8.37. The van der Waals surface area contributed by atoms with Crippen LogP contribution in [-0.2, 0) is 20.8 Å². The van der Waals surface area contributed by atoms with Crippen LogP contribution in [0.2, 0.25) is 0 Å². The Morgan fingerprint density at radius 3 is 2.44 bits per heavy atom. The number of nitrogens with one attached hydrogen (secondary N) is 1. The van der Waals surface area contributed by atoms with Gasteiger partial charge in [-0.05, 0) is 36.4 Å². The molecule has 3 aliphatic heterocycles. The molecule has 3 aliphatic rings. The molecule has 172 valence electrons. The molecule has 0 saturated heterocycles. The van der Waals surface area contributed by atoms with Gasteiger partial charge in [0.25, 0.3) is 11.8 Å². The molecule has 1 aromatic heterocycles. The van der Waals surface area contributed by atoms with E-state index in [1.807, 2.05) is 18.2 Å². The molecule has 0 fully saturated rings. The van der Waals surface area contributed by atoms with Crippen molar-refractivity contribution in [2.75, 3.05) is 13.1 Å². The Bertz CT molecular complexity index is 1310. The minimum Gasteiger partial charge on any atom is -0.394 e. The predicted octanol–water partition coefficient (Wildman–Crippen LogP) is 2.11. The van der Waals surface area contributed by atoms with Crippen molar-refractivity contribution in [2.45, 2.75) is 12.8 Å². The van der Waals surface area contributed by atoms with Gasteiger partial charge in [-0.15, -0.1) is 0 Å². The molecule has 0 aliphatic carbocycles. The molecule has 0 saturated carbocycles. The van der Waals surface area contributed by atoms with Crippen LogP contribution in [0.15, 0.2) is 72.5 Å². The molecule has 2 aromatic rings. The highest BCUT2D eigenvalue weighted by atomic mass is 19.2. The normalized spacial score (nSPS) is 17.8. The van der Waals surface area contributed by atoms with Gasteiger partial charge in [-0.25, -0.2) is 0 Å². The Morgan fingerprint density at radius 1 is 0.971 bits per heavy atom. The van der Waals surface area contributed by atoms with Crippen molar-refractivity contribution in [1.29, 1.82) is 0 Å². The van der Waals surface area contributed by atoms with Gasteiger partial charge in [-0.3, -0.25) is 19.3 Å². The molecule has 7 nitrogen and oxygen atoms in total. The van der Waals surface area contributed by atoms with Crippen LogP contribution in [0.25, 0.3) is 6.08 Å². The lowest BCUT2D eigenvalue weighted by atomic mass is 9.89. The molecule has 4 heterocycles. The summed E-state index contributed by atoms with van der Waals surface area (Å²) < 4.78 is 33.8. The zero-order valence-corrected chi connectivity index (χ0v) is 18.2. The first kappa shape index (κ1) is 21.8. The van der Waals surface area contributed by atoms with Crippen molar-refractivity contribution < 1.29 is 27.5 Å². The van der Waals surface area contributed by atoms with Gasteiger partial charge in [-0.1, -0.05) is 18.2 Å². The van der Waals surface area contributed by atoms with Crippen molar-refractivity contribution in [3.05, 3.63) is 89.4 Å². The molecule has 5 rings (SSSR count). The fourth-order valence-corrected chi connectivity index (χ4v) is 4.54. The first-order valence-electron chi connectivity index (χ1n) is 11.0. The number of aromatic nitrogens is 1. The molecule has 0 radical (unpaired) electrons.